The van der Waals surface area contributed by atoms with Crippen molar-refractivity contribution in [2.24, 2.45) is 0 Å². The van der Waals surface area contributed by atoms with Gasteiger partial charge in [0.15, 0.2) is 11.0 Å². The van der Waals surface area contributed by atoms with Crippen molar-refractivity contribution in [3.63, 3.8) is 0 Å². The number of sulfonamides is 1. The minimum absolute atomic E-state index is 0.0700. The summed E-state index contributed by atoms with van der Waals surface area (Å²) >= 11 is 7.71. The molecule has 10 heteroatoms. The van der Waals surface area contributed by atoms with Crippen LogP contribution in [0, 0.1) is 12.7 Å². The van der Waals surface area contributed by atoms with Gasteiger partial charge in [-0.25, -0.2) is 17.5 Å². The van der Waals surface area contributed by atoms with Gasteiger partial charge in [0, 0.05) is 10.8 Å². The summed E-state index contributed by atoms with van der Waals surface area (Å²) < 4.78 is 43.9. The van der Waals surface area contributed by atoms with Gasteiger partial charge in [-0.15, -0.1) is 10.2 Å². The van der Waals surface area contributed by atoms with E-state index >= 15 is 0 Å². The number of thioether (sulfide) groups is 1. The SMILES string of the molecule is Cc1ccc(Cl)cc1-n1c(CNS(=O)(=O)c2ccc(C(C)(C)C)cc2)nnc1SCc1ccc(F)cc1. The number of halogens is 2. The van der Waals surface area contributed by atoms with E-state index in [4.69, 9.17) is 11.6 Å². The summed E-state index contributed by atoms with van der Waals surface area (Å²) in [6.45, 7) is 8.09. The van der Waals surface area contributed by atoms with Crippen LogP contribution in [0.2, 0.25) is 5.02 Å². The Balaban J connectivity index is 1.62. The minimum Gasteiger partial charge on any atom is -0.273 e. The quantitative estimate of drug-likeness (QED) is 0.252. The largest absolute Gasteiger partial charge is 0.273 e. The van der Waals surface area contributed by atoms with Gasteiger partial charge in [0.05, 0.1) is 17.1 Å². The molecule has 0 amide bonds. The second-order valence-electron chi connectivity index (χ2n) is 9.68. The molecule has 6 nitrogen and oxygen atoms in total. The number of aromatic nitrogens is 3. The predicted octanol–water partition coefficient (Wildman–Crippen LogP) is 6.44. The fourth-order valence-corrected chi connectivity index (χ4v) is 5.75. The first kappa shape index (κ1) is 27.3. The van der Waals surface area contributed by atoms with Gasteiger partial charge in [0.1, 0.15) is 5.82 Å². The van der Waals surface area contributed by atoms with Crippen molar-refractivity contribution < 1.29 is 12.8 Å². The van der Waals surface area contributed by atoms with Crippen LogP contribution in [0.1, 0.15) is 43.3 Å². The summed E-state index contributed by atoms with van der Waals surface area (Å²) in [6, 6.07) is 18.6. The van der Waals surface area contributed by atoms with Gasteiger partial charge in [-0.1, -0.05) is 74.5 Å². The molecule has 0 aliphatic heterocycles. The normalized spacial score (nSPS) is 12.2. The van der Waals surface area contributed by atoms with Crippen LogP contribution >= 0.6 is 23.4 Å². The molecule has 194 valence electrons. The van der Waals surface area contributed by atoms with Crippen molar-refractivity contribution in [1.82, 2.24) is 19.5 Å². The fourth-order valence-electron chi connectivity index (χ4n) is 3.68. The lowest BCUT2D eigenvalue weighted by atomic mass is 9.87. The molecule has 0 unspecified atom stereocenters. The first-order valence-electron chi connectivity index (χ1n) is 11.6. The molecule has 1 heterocycles. The molecule has 0 bridgehead atoms. The highest BCUT2D eigenvalue weighted by atomic mass is 35.5. The van der Waals surface area contributed by atoms with E-state index in [0.717, 1.165) is 22.4 Å². The monoisotopic (exact) mass is 558 g/mol. The third-order valence-corrected chi connectivity index (χ3v) is 8.50. The Morgan fingerprint density at radius 2 is 1.68 bits per heavy atom. The molecule has 1 aromatic heterocycles. The van der Waals surface area contributed by atoms with Crippen molar-refractivity contribution in [3.05, 3.63) is 100 Å². The second-order valence-corrected chi connectivity index (χ2v) is 12.8. The number of aryl methyl sites for hydroxylation is 1. The van der Waals surface area contributed by atoms with E-state index in [1.807, 2.05) is 25.1 Å². The number of nitrogens with zero attached hydrogens (tertiary/aromatic N) is 3. The number of rotatable bonds is 8. The van der Waals surface area contributed by atoms with Crippen LogP contribution in [0.15, 0.2) is 76.8 Å². The zero-order valence-corrected chi connectivity index (χ0v) is 23.4. The Morgan fingerprint density at radius 3 is 2.32 bits per heavy atom. The fraction of sp³-hybridized carbons (Fsp3) is 0.259. The first-order valence-corrected chi connectivity index (χ1v) is 14.5. The summed E-state index contributed by atoms with van der Waals surface area (Å²) in [5, 5.41) is 9.73. The Morgan fingerprint density at radius 1 is 1.00 bits per heavy atom. The van der Waals surface area contributed by atoms with Crippen molar-refractivity contribution in [2.75, 3.05) is 0 Å². The first-order chi connectivity index (χ1) is 17.4. The van der Waals surface area contributed by atoms with Crippen LogP contribution in [0.4, 0.5) is 4.39 Å². The van der Waals surface area contributed by atoms with Gasteiger partial charge in [-0.05, 0) is 65.4 Å². The molecule has 37 heavy (non-hydrogen) atoms. The summed E-state index contributed by atoms with van der Waals surface area (Å²) in [5.74, 6) is 0.653. The van der Waals surface area contributed by atoms with Crippen LogP contribution in [-0.4, -0.2) is 23.2 Å². The summed E-state index contributed by atoms with van der Waals surface area (Å²) in [4.78, 5) is 0.177. The molecule has 0 atom stereocenters. The van der Waals surface area contributed by atoms with E-state index < -0.39 is 10.0 Å². The Bertz CT molecular complexity index is 1500. The summed E-state index contributed by atoms with van der Waals surface area (Å²) in [5.41, 5.74) is 3.57. The van der Waals surface area contributed by atoms with E-state index in [0.29, 0.717) is 21.8 Å². The maximum Gasteiger partial charge on any atom is 0.240 e. The van der Waals surface area contributed by atoms with Crippen molar-refractivity contribution in [3.8, 4) is 5.69 Å². The van der Waals surface area contributed by atoms with Gasteiger partial charge in [-0.2, -0.15) is 0 Å². The van der Waals surface area contributed by atoms with Gasteiger partial charge < -0.3 is 0 Å². The number of hydrogen-bond acceptors (Lipinski definition) is 5. The van der Waals surface area contributed by atoms with Gasteiger partial charge in [-0.3, -0.25) is 4.57 Å². The molecule has 3 aromatic carbocycles. The van der Waals surface area contributed by atoms with E-state index in [2.05, 4.69) is 35.7 Å². The highest BCUT2D eigenvalue weighted by Gasteiger charge is 2.21. The van der Waals surface area contributed by atoms with E-state index in [9.17, 15) is 12.8 Å². The molecule has 0 aliphatic rings. The molecule has 0 radical (unpaired) electrons. The molecule has 0 saturated heterocycles. The Kier molecular flexibility index (Phi) is 8.08. The Hall–Kier alpha value is -2.72. The highest BCUT2D eigenvalue weighted by Crippen LogP contribution is 2.29. The number of hydrogen-bond donors (Lipinski definition) is 1. The zero-order valence-electron chi connectivity index (χ0n) is 21.0. The topological polar surface area (TPSA) is 76.9 Å². The summed E-state index contributed by atoms with van der Waals surface area (Å²) in [7, 11) is -3.79. The average molecular weight is 559 g/mol. The molecule has 0 saturated carbocycles. The van der Waals surface area contributed by atoms with Crippen LogP contribution in [-0.2, 0) is 27.7 Å². The van der Waals surface area contributed by atoms with Crippen LogP contribution in [0.25, 0.3) is 5.69 Å². The van der Waals surface area contributed by atoms with E-state index in [1.54, 1.807) is 41.0 Å². The zero-order chi connectivity index (χ0) is 26.8. The molecule has 0 spiro atoms. The van der Waals surface area contributed by atoms with Crippen molar-refractivity contribution in [2.45, 2.75) is 55.5 Å². The maximum absolute atomic E-state index is 13.3. The second kappa shape index (κ2) is 10.9. The van der Waals surface area contributed by atoms with Gasteiger partial charge in [0.2, 0.25) is 10.0 Å². The smallest absolute Gasteiger partial charge is 0.240 e. The molecular weight excluding hydrogens is 531 g/mol. The Labute approximate surface area is 226 Å². The maximum atomic E-state index is 13.3. The predicted molar refractivity (Wildman–Crippen MR) is 146 cm³/mol. The number of nitrogens with one attached hydrogen (secondary N) is 1. The van der Waals surface area contributed by atoms with Crippen LogP contribution < -0.4 is 4.72 Å². The highest BCUT2D eigenvalue weighted by molar-refractivity contribution is 7.98. The molecule has 0 aliphatic carbocycles. The number of benzene rings is 3. The lowest BCUT2D eigenvalue weighted by molar-refractivity contribution is 0.575. The summed E-state index contributed by atoms with van der Waals surface area (Å²) in [6.07, 6.45) is 0. The molecule has 4 rings (SSSR count). The van der Waals surface area contributed by atoms with Crippen LogP contribution in [0.3, 0.4) is 0 Å². The molecule has 4 aromatic rings. The van der Waals surface area contributed by atoms with E-state index in [-0.39, 0.29) is 22.7 Å². The third-order valence-electron chi connectivity index (χ3n) is 5.84. The van der Waals surface area contributed by atoms with Gasteiger partial charge in [0.25, 0.3) is 0 Å². The van der Waals surface area contributed by atoms with E-state index in [1.165, 1.54) is 23.9 Å². The molecular formula is C27H28ClFN4O2S2. The minimum atomic E-state index is -3.79. The van der Waals surface area contributed by atoms with Crippen LogP contribution in [0.5, 0.6) is 0 Å². The standard InChI is InChI=1S/C27H28ClFN4O2S2/c1-18-5-10-21(28)15-24(18)33-25(31-32-26(33)36-17-19-6-11-22(29)12-7-19)16-30-37(34,35)23-13-8-20(9-14-23)27(2,3)4/h5-15,30H,16-17H2,1-4H3. The molecule has 0 fully saturated rings. The average Bonchev–Trinajstić information content (AvgIpc) is 3.26. The van der Waals surface area contributed by atoms with Crippen molar-refractivity contribution >= 4 is 33.4 Å². The lowest BCUT2D eigenvalue weighted by Gasteiger charge is -2.19. The third kappa shape index (κ3) is 6.59. The van der Waals surface area contributed by atoms with Gasteiger partial charge >= 0.3 is 0 Å². The van der Waals surface area contributed by atoms with Crippen molar-refractivity contribution in [1.29, 1.82) is 0 Å². The molecule has 1 N–H and O–H groups in total. The lowest BCUT2D eigenvalue weighted by Crippen LogP contribution is -2.25.